The minimum atomic E-state index is -4.47. The zero-order chi connectivity index (χ0) is 20.1. The molecule has 0 unspecified atom stereocenters. The molecule has 0 bridgehead atoms. The number of anilines is 2. The first kappa shape index (κ1) is 18.9. The lowest BCUT2D eigenvalue weighted by Crippen LogP contribution is -2.24. The summed E-state index contributed by atoms with van der Waals surface area (Å²) in [4.78, 5) is 14.0. The number of nitrogens with zero attached hydrogens (tertiary/aromatic N) is 1. The van der Waals surface area contributed by atoms with E-state index in [2.05, 4.69) is 5.32 Å². The monoisotopic (exact) mass is 424 g/mol. The molecule has 1 aromatic heterocycles. The largest absolute Gasteiger partial charge is 0.416 e. The average Bonchev–Trinajstić information content (AvgIpc) is 2.66. The normalized spacial score (nSPS) is 12.9. The Kier molecular flexibility index (Phi) is 4.65. The number of pyridine rings is 1. The van der Waals surface area contributed by atoms with Gasteiger partial charge in [0.1, 0.15) is 6.73 Å². The molecule has 4 nitrogen and oxygen atoms in total. The van der Waals surface area contributed by atoms with Crippen molar-refractivity contribution in [3.63, 3.8) is 0 Å². The maximum absolute atomic E-state index is 13.1. The number of alkyl halides is 3. The zero-order valence-electron chi connectivity index (χ0n) is 14.0. The maximum Gasteiger partial charge on any atom is 0.416 e. The number of fused-ring (bicyclic) bond motifs is 2. The van der Waals surface area contributed by atoms with E-state index in [1.807, 2.05) is 0 Å². The van der Waals surface area contributed by atoms with E-state index < -0.39 is 24.0 Å². The van der Waals surface area contributed by atoms with Gasteiger partial charge in [-0.05, 0) is 35.9 Å². The fraction of sp³-hybridized carbons (Fsp3) is 0.105. The zero-order valence-corrected chi connectivity index (χ0v) is 15.6. The number of nitrogens with one attached hydrogen (secondary N) is 1. The SMILES string of the molecule is O=c1c(-c2ccc(Cl)cc2)c2c(cn1CO)Sc1ccc(C(F)(F)F)cc1N2. The van der Waals surface area contributed by atoms with Crippen LogP contribution in [0.25, 0.3) is 11.1 Å². The van der Waals surface area contributed by atoms with Gasteiger partial charge in [-0.1, -0.05) is 35.5 Å². The molecule has 0 fully saturated rings. The molecule has 2 aromatic carbocycles. The van der Waals surface area contributed by atoms with E-state index in [0.29, 0.717) is 26.1 Å². The Hall–Kier alpha value is -2.42. The third-order valence-corrected chi connectivity index (χ3v) is 5.67. The lowest BCUT2D eigenvalue weighted by Gasteiger charge is -2.25. The summed E-state index contributed by atoms with van der Waals surface area (Å²) in [6.07, 6.45) is -2.99. The molecular formula is C19H12ClF3N2O2S. The molecule has 0 radical (unpaired) electrons. The number of hydrogen-bond donors (Lipinski definition) is 2. The lowest BCUT2D eigenvalue weighted by atomic mass is 10.0. The number of benzene rings is 2. The number of rotatable bonds is 2. The van der Waals surface area contributed by atoms with Crippen LogP contribution in [0.4, 0.5) is 24.5 Å². The van der Waals surface area contributed by atoms with Crippen molar-refractivity contribution in [2.24, 2.45) is 0 Å². The lowest BCUT2D eigenvalue weighted by molar-refractivity contribution is -0.137. The van der Waals surface area contributed by atoms with Gasteiger partial charge in [-0.25, -0.2) is 0 Å². The Labute approximate surface area is 166 Å². The first-order chi connectivity index (χ1) is 13.3. The fourth-order valence-electron chi connectivity index (χ4n) is 2.98. The van der Waals surface area contributed by atoms with Gasteiger partial charge in [0.25, 0.3) is 5.56 Å². The van der Waals surface area contributed by atoms with E-state index in [1.165, 1.54) is 24.0 Å². The van der Waals surface area contributed by atoms with Gasteiger partial charge in [0, 0.05) is 16.1 Å². The van der Waals surface area contributed by atoms with Gasteiger partial charge in [0.15, 0.2) is 0 Å². The van der Waals surface area contributed by atoms with Gasteiger partial charge in [-0.15, -0.1) is 0 Å². The van der Waals surface area contributed by atoms with Crippen LogP contribution in [0.5, 0.6) is 0 Å². The van der Waals surface area contributed by atoms with Crippen molar-refractivity contribution in [1.29, 1.82) is 0 Å². The summed E-state index contributed by atoms with van der Waals surface area (Å²) < 4.78 is 40.4. The van der Waals surface area contributed by atoms with E-state index in [1.54, 1.807) is 24.3 Å². The molecule has 144 valence electrons. The van der Waals surface area contributed by atoms with Crippen molar-refractivity contribution < 1.29 is 18.3 Å². The minimum absolute atomic E-state index is 0.249. The minimum Gasteiger partial charge on any atom is -0.376 e. The summed E-state index contributed by atoms with van der Waals surface area (Å²) >= 11 is 7.14. The Morgan fingerprint density at radius 2 is 1.82 bits per heavy atom. The third-order valence-electron chi connectivity index (χ3n) is 4.32. The molecule has 0 atom stereocenters. The number of hydrogen-bond acceptors (Lipinski definition) is 4. The number of halogens is 4. The van der Waals surface area contributed by atoms with Gasteiger partial charge >= 0.3 is 6.18 Å². The summed E-state index contributed by atoms with van der Waals surface area (Å²) in [6, 6.07) is 9.95. The summed E-state index contributed by atoms with van der Waals surface area (Å²) in [6.45, 7) is -0.521. The highest BCUT2D eigenvalue weighted by Crippen LogP contribution is 2.48. The molecule has 2 N–H and O–H groups in total. The van der Waals surface area contributed by atoms with E-state index in [0.717, 1.165) is 16.7 Å². The number of aromatic nitrogens is 1. The Balaban J connectivity index is 1.91. The number of aliphatic hydroxyl groups is 1. The first-order valence-corrected chi connectivity index (χ1v) is 9.28. The molecule has 0 spiro atoms. The molecule has 1 aliphatic rings. The summed E-state index contributed by atoms with van der Waals surface area (Å²) in [7, 11) is 0. The van der Waals surface area contributed by atoms with Crippen LogP contribution in [0.3, 0.4) is 0 Å². The Bertz CT molecular complexity index is 1130. The third kappa shape index (κ3) is 3.28. The van der Waals surface area contributed by atoms with Crippen molar-refractivity contribution in [1.82, 2.24) is 4.57 Å². The average molecular weight is 425 g/mol. The van der Waals surface area contributed by atoms with Gasteiger partial charge < -0.3 is 10.4 Å². The molecule has 4 rings (SSSR count). The van der Waals surface area contributed by atoms with Crippen LogP contribution in [0.15, 0.2) is 63.2 Å². The quantitative estimate of drug-likeness (QED) is 0.455. The molecule has 0 saturated heterocycles. The Morgan fingerprint density at radius 1 is 1.11 bits per heavy atom. The van der Waals surface area contributed by atoms with Crippen LogP contribution < -0.4 is 10.9 Å². The second-order valence-corrected chi connectivity index (χ2v) is 7.62. The van der Waals surface area contributed by atoms with Crippen LogP contribution in [-0.2, 0) is 12.9 Å². The molecule has 2 heterocycles. The highest BCUT2D eigenvalue weighted by Gasteiger charge is 2.32. The van der Waals surface area contributed by atoms with Gasteiger partial charge in [0.2, 0.25) is 0 Å². The molecule has 0 saturated carbocycles. The van der Waals surface area contributed by atoms with Crippen LogP contribution in [-0.4, -0.2) is 9.67 Å². The molecule has 28 heavy (non-hydrogen) atoms. The molecule has 0 aliphatic carbocycles. The van der Waals surface area contributed by atoms with E-state index >= 15 is 0 Å². The van der Waals surface area contributed by atoms with Crippen molar-refractivity contribution >= 4 is 34.7 Å². The summed E-state index contributed by atoms with van der Waals surface area (Å²) in [5.74, 6) is 0. The summed E-state index contributed by atoms with van der Waals surface area (Å²) in [5, 5.41) is 13.0. The standard InChI is InChI=1S/C19H12ClF3N2O2S/c20-12-4-1-10(2-5-12)16-17-15(8-25(9-26)18(16)27)28-14-6-3-11(19(21,22)23)7-13(14)24-17/h1-8,24,26H,9H2. The second-order valence-electron chi connectivity index (χ2n) is 6.10. The van der Waals surface area contributed by atoms with Crippen LogP contribution in [0.1, 0.15) is 5.56 Å². The van der Waals surface area contributed by atoms with Crippen molar-refractivity contribution in [3.05, 3.63) is 69.6 Å². The van der Waals surface area contributed by atoms with E-state index in [4.69, 9.17) is 11.6 Å². The Morgan fingerprint density at radius 3 is 2.46 bits per heavy atom. The fourth-order valence-corrected chi connectivity index (χ4v) is 4.13. The molecule has 1 aliphatic heterocycles. The van der Waals surface area contributed by atoms with Gasteiger partial charge in [0.05, 0.1) is 27.4 Å². The van der Waals surface area contributed by atoms with Gasteiger partial charge in [-0.2, -0.15) is 13.2 Å². The predicted molar refractivity (Wildman–Crippen MR) is 102 cm³/mol. The highest BCUT2D eigenvalue weighted by molar-refractivity contribution is 7.99. The molecule has 9 heteroatoms. The summed E-state index contributed by atoms with van der Waals surface area (Å²) in [5.41, 5.74) is 0.208. The van der Waals surface area contributed by atoms with E-state index in [-0.39, 0.29) is 11.3 Å². The van der Waals surface area contributed by atoms with Crippen LogP contribution in [0, 0.1) is 0 Å². The first-order valence-electron chi connectivity index (χ1n) is 8.08. The maximum atomic E-state index is 13.1. The number of aliphatic hydroxyl groups excluding tert-OH is 1. The molecule has 3 aromatic rings. The predicted octanol–water partition coefficient (Wildman–Crippen LogP) is 5.35. The van der Waals surface area contributed by atoms with Crippen molar-refractivity contribution in [2.45, 2.75) is 22.7 Å². The topological polar surface area (TPSA) is 54.3 Å². The smallest absolute Gasteiger partial charge is 0.376 e. The van der Waals surface area contributed by atoms with Crippen LogP contribution in [0.2, 0.25) is 5.02 Å². The molecule has 0 amide bonds. The highest BCUT2D eigenvalue weighted by atomic mass is 35.5. The van der Waals surface area contributed by atoms with Crippen molar-refractivity contribution in [2.75, 3.05) is 5.32 Å². The van der Waals surface area contributed by atoms with E-state index in [9.17, 15) is 23.1 Å². The second kappa shape index (κ2) is 6.88. The van der Waals surface area contributed by atoms with Crippen LogP contribution >= 0.6 is 23.4 Å². The molecular weight excluding hydrogens is 413 g/mol. The van der Waals surface area contributed by atoms with Gasteiger partial charge in [-0.3, -0.25) is 9.36 Å². The van der Waals surface area contributed by atoms with Crippen molar-refractivity contribution in [3.8, 4) is 11.1 Å².